The second kappa shape index (κ2) is 7.35. The van der Waals surface area contributed by atoms with Gasteiger partial charge < -0.3 is 10.0 Å². The molecule has 0 aliphatic carbocycles. The summed E-state index contributed by atoms with van der Waals surface area (Å²) in [6.07, 6.45) is 1.81. The first kappa shape index (κ1) is 17.4. The minimum Gasteiger partial charge on any atom is -0.481 e. The molecule has 1 aliphatic rings. The Morgan fingerprint density at radius 2 is 1.80 bits per heavy atom. The number of aliphatic carboxylic acids is 1. The summed E-state index contributed by atoms with van der Waals surface area (Å²) in [5.41, 5.74) is 0. The molecule has 0 aromatic rings. The summed E-state index contributed by atoms with van der Waals surface area (Å²) >= 11 is 0. The van der Waals surface area contributed by atoms with Crippen molar-refractivity contribution in [1.82, 2.24) is 13.5 Å². The van der Waals surface area contributed by atoms with Gasteiger partial charge in [0.15, 0.2) is 0 Å². The third-order valence-corrected chi connectivity index (χ3v) is 5.69. The molecule has 20 heavy (non-hydrogen) atoms. The fourth-order valence-corrected chi connectivity index (χ4v) is 3.51. The number of hydrogen-bond donors (Lipinski definition) is 1. The van der Waals surface area contributed by atoms with E-state index in [9.17, 15) is 13.2 Å². The summed E-state index contributed by atoms with van der Waals surface area (Å²) in [5, 5.41) is 8.61. The van der Waals surface area contributed by atoms with E-state index in [1.165, 1.54) is 11.4 Å². The molecule has 1 N–H and O–H groups in total. The van der Waals surface area contributed by atoms with Crippen LogP contribution in [-0.2, 0) is 15.0 Å². The van der Waals surface area contributed by atoms with Crippen LogP contribution in [0.2, 0.25) is 0 Å². The highest BCUT2D eigenvalue weighted by atomic mass is 32.2. The SMILES string of the molecule is CN1CCC(CN(C)S(=O)(=O)N(C)CCC(=O)O)CC1. The number of carbonyl (C=O) groups is 1. The predicted octanol–water partition coefficient (Wildman–Crippen LogP) is -0.0887. The minimum absolute atomic E-state index is 0.00455. The van der Waals surface area contributed by atoms with Crippen LogP contribution in [0.1, 0.15) is 19.3 Å². The summed E-state index contributed by atoms with van der Waals surface area (Å²) in [7, 11) is 1.49. The zero-order valence-corrected chi connectivity index (χ0v) is 13.3. The molecule has 0 radical (unpaired) electrons. The first-order valence-electron chi connectivity index (χ1n) is 6.81. The third-order valence-electron chi connectivity index (χ3n) is 3.78. The topological polar surface area (TPSA) is 81.2 Å². The van der Waals surface area contributed by atoms with Crippen molar-refractivity contribution in [3.05, 3.63) is 0 Å². The summed E-state index contributed by atoms with van der Waals surface area (Å²) in [4.78, 5) is 12.7. The van der Waals surface area contributed by atoms with E-state index in [4.69, 9.17) is 5.11 Å². The van der Waals surface area contributed by atoms with E-state index in [0.717, 1.165) is 30.2 Å². The van der Waals surface area contributed by atoms with Gasteiger partial charge >= 0.3 is 5.97 Å². The van der Waals surface area contributed by atoms with E-state index < -0.39 is 16.2 Å². The van der Waals surface area contributed by atoms with Crippen molar-refractivity contribution in [1.29, 1.82) is 0 Å². The van der Waals surface area contributed by atoms with Crippen LogP contribution in [0, 0.1) is 5.92 Å². The highest BCUT2D eigenvalue weighted by Crippen LogP contribution is 2.18. The monoisotopic (exact) mass is 307 g/mol. The standard InChI is InChI=1S/C12H25N3O4S/c1-13-7-4-11(5-8-13)10-15(3)20(18,19)14(2)9-6-12(16)17/h11H,4-10H2,1-3H3,(H,16,17). The zero-order valence-electron chi connectivity index (χ0n) is 12.4. The molecule has 8 heteroatoms. The molecule has 1 heterocycles. The average molecular weight is 307 g/mol. The first-order chi connectivity index (χ1) is 9.23. The van der Waals surface area contributed by atoms with Crippen LogP contribution in [0.15, 0.2) is 0 Å². The van der Waals surface area contributed by atoms with E-state index in [1.807, 2.05) is 0 Å². The van der Waals surface area contributed by atoms with Crippen LogP contribution in [0.4, 0.5) is 0 Å². The van der Waals surface area contributed by atoms with Gasteiger partial charge in [0.05, 0.1) is 6.42 Å². The second-order valence-electron chi connectivity index (χ2n) is 5.50. The maximum atomic E-state index is 12.2. The van der Waals surface area contributed by atoms with E-state index in [1.54, 1.807) is 7.05 Å². The van der Waals surface area contributed by atoms with Crippen molar-refractivity contribution < 1.29 is 18.3 Å². The normalized spacial score (nSPS) is 18.9. The lowest BCUT2D eigenvalue weighted by molar-refractivity contribution is -0.137. The molecule has 7 nitrogen and oxygen atoms in total. The Kier molecular flexibility index (Phi) is 6.38. The molecular formula is C12H25N3O4S. The van der Waals surface area contributed by atoms with Crippen LogP contribution in [0.3, 0.4) is 0 Å². The molecule has 0 unspecified atom stereocenters. The lowest BCUT2D eigenvalue weighted by Gasteiger charge is -2.32. The van der Waals surface area contributed by atoms with Crippen molar-refractivity contribution >= 4 is 16.2 Å². The number of likely N-dealkylation sites (tertiary alicyclic amines) is 1. The lowest BCUT2D eigenvalue weighted by Crippen LogP contribution is -2.44. The van der Waals surface area contributed by atoms with Gasteiger partial charge in [0.25, 0.3) is 10.2 Å². The molecule has 0 saturated carbocycles. The maximum Gasteiger partial charge on any atom is 0.304 e. The van der Waals surface area contributed by atoms with Gasteiger partial charge in [-0.3, -0.25) is 4.79 Å². The van der Waals surface area contributed by atoms with Crippen molar-refractivity contribution in [3.8, 4) is 0 Å². The van der Waals surface area contributed by atoms with Gasteiger partial charge in [-0.25, -0.2) is 0 Å². The largest absolute Gasteiger partial charge is 0.481 e. The predicted molar refractivity (Wildman–Crippen MR) is 76.7 cm³/mol. The molecular weight excluding hydrogens is 282 g/mol. The Hall–Kier alpha value is -0.700. The molecule has 0 aromatic heterocycles. The fraction of sp³-hybridized carbons (Fsp3) is 0.917. The van der Waals surface area contributed by atoms with Gasteiger partial charge in [-0.05, 0) is 38.9 Å². The summed E-state index contributed by atoms with van der Waals surface area (Å²) in [6.45, 7) is 2.48. The van der Waals surface area contributed by atoms with Gasteiger partial charge in [0.1, 0.15) is 0 Å². The van der Waals surface area contributed by atoms with E-state index in [-0.39, 0.29) is 13.0 Å². The van der Waals surface area contributed by atoms with Gasteiger partial charge in [0, 0.05) is 27.2 Å². The summed E-state index contributed by atoms with van der Waals surface area (Å²) < 4.78 is 26.9. The Balaban J connectivity index is 2.51. The van der Waals surface area contributed by atoms with Crippen molar-refractivity contribution in [3.63, 3.8) is 0 Å². The summed E-state index contributed by atoms with van der Waals surface area (Å²) in [5.74, 6) is -0.621. The van der Waals surface area contributed by atoms with Crippen molar-refractivity contribution in [2.45, 2.75) is 19.3 Å². The fourth-order valence-electron chi connectivity index (χ4n) is 2.31. The van der Waals surface area contributed by atoms with Gasteiger partial charge in [-0.15, -0.1) is 0 Å². The first-order valence-corrected chi connectivity index (χ1v) is 8.21. The molecule has 0 spiro atoms. The van der Waals surface area contributed by atoms with E-state index in [2.05, 4.69) is 11.9 Å². The van der Waals surface area contributed by atoms with Crippen LogP contribution in [0.5, 0.6) is 0 Å². The molecule has 118 valence electrons. The number of nitrogens with zero attached hydrogens (tertiary/aromatic N) is 3. The highest BCUT2D eigenvalue weighted by Gasteiger charge is 2.27. The number of piperidine rings is 1. The van der Waals surface area contributed by atoms with Gasteiger partial charge in [-0.1, -0.05) is 0 Å². The highest BCUT2D eigenvalue weighted by molar-refractivity contribution is 7.86. The van der Waals surface area contributed by atoms with Crippen LogP contribution in [0.25, 0.3) is 0 Å². The number of carboxylic acids is 1. The number of hydrogen-bond acceptors (Lipinski definition) is 4. The van der Waals surface area contributed by atoms with Crippen LogP contribution in [-0.4, -0.2) is 80.3 Å². The molecule has 1 rings (SSSR count). The quantitative estimate of drug-likeness (QED) is 0.711. The third kappa shape index (κ3) is 5.01. The summed E-state index contributed by atoms with van der Waals surface area (Å²) in [6, 6.07) is 0. The Labute approximate surface area is 121 Å². The number of carboxylic acid groups (broad SMARTS) is 1. The van der Waals surface area contributed by atoms with Gasteiger partial charge in [0.2, 0.25) is 0 Å². The maximum absolute atomic E-state index is 12.2. The molecule has 0 atom stereocenters. The Morgan fingerprint density at radius 1 is 1.25 bits per heavy atom. The minimum atomic E-state index is -3.56. The molecule has 0 bridgehead atoms. The smallest absolute Gasteiger partial charge is 0.304 e. The van der Waals surface area contributed by atoms with Crippen molar-refractivity contribution in [2.24, 2.45) is 5.92 Å². The molecule has 1 fully saturated rings. The van der Waals surface area contributed by atoms with Gasteiger partial charge in [-0.2, -0.15) is 17.0 Å². The number of rotatable bonds is 7. The molecule has 1 aliphatic heterocycles. The molecule has 0 amide bonds. The lowest BCUT2D eigenvalue weighted by atomic mass is 9.97. The average Bonchev–Trinajstić information content (AvgIpc) is 2.38. The van der Waals surface area contributed by atoms with Crippen molar-refractivity contribution in [2.75, 3.05) is 47.3 Å². The Morgan fingerprint density at radius 3 is 2.30 bits per heavy atom. The van der Waals surface area contributed by atoms with Crippen LogP contribution >= 0.6 is 0 Å². The molecule has 1 saturated heterocycles. The molecule has 0 aromatic carbocycles. The second-order valence-corrected chi connectivity index (χ2v) is 7.64. The van der Waals surface area contributed by atoms with Crippen LogP contribution < -0.4 is 0 Å². The van der Waals surface area contributed by atoms with E-state index in [0.29, 0.717) is 12.5 Å². The van der Waals surface area contributed by atoms with E-state index >= 15 is 0 Å². The Bertz CT molecular complexity index is 418. The zero-order chi connectivity index (χ0) is 15.3.